The molecule has 1 N–H and O–H groups in total. The van der Waals surface area contributed by atoms with Crippen LogP contribution in [0.25, 0.3) is 0 Å². The molecule has 8 nitrogen and oxygen atoms in total. The monoisotopic (exact) mass is 481 g/mol. The molecule has 0 spiro atoms. The maximum Gasteiger partial charge on any atom is 0.267 e. The van der Waals surface area contributed by atoms with Gasteiger partial charge in [0.2, 0.25) is 10.0 Å². The van der Waals surface area contributed by atoms with Crippen LogP contribution < -0.4 is 10.1 Å². The van der Waals surface area contributed by atoms with Crippen molar-refractivity contribution in [3.63, 3.8) is 0 Å². The quantitative estimate of drug-likeness (QED) is 0.674. The predicted molar refractivity (Wildman–Crippen MR) is 125 cm³/mol. The zero-order chi connectivity index (χ0) is 23.7. The number of morpholine rings is 1. The molecule has 0 aliphatic carbocycles. The first kappa shape index (κ1) is 24.6. The third-order valence-electron chi connectivity index (χ3n) is 4.81. The summed E-state index contributed by atoms with van der Waals surface area (Å²) in [6.07, 6.45) is -0.148. The molecule has 2 aromatic rings. The molecule has 0 saturated carbocycles. The lowest BCUT2D eigenvalue weighted by Crippen LogP contribution is -2.40. The number of aromatic nitrogens is 1. The van der Waals surface area contributed by atoms with Crippen LogP contribution in [0.3, 0.4) is 0 Å². The molecule has 1 aromatic heterocycles. The summed E-state index contributed by atoms with van der Waals surface area (Å²) in [4.78, 5) is 18.2. The van der Waals surface area contributed by atoms with Crippen LogP contribution in [0.4, 0.5) is 5.69 Å². The van der Waals surface area contributed by atoms with Gasteiger partial charge in [0, 0.05) is 18.5 Å². The van der Waals surface area contributed by atoms with Crippen molar-refractivity contribution >= 4 is 33.0 Å². The van der Waals surface area contributed by atoms with Gasteiger partial charge in [-0.05, 0) is 39.0 Å². The number of hydrogen-bond acceptors (Lipinski definition) is 7. The summed E-state index contributed by atoms with van der Waals surface area (Å²) in [5.74, 6) is 0.0671. The minimum atomic E-state index is -3.72. The number of hydrogen-bond donors (Lipinski definition) is 1. The molecule has 1 aromatic carbocycles. The largest absolute Gasteiger partial charge is 0.489 e. The number of ether oxygens (including phenoxy) is 2. The Balaban J connectivity index is 1.95. The maximum absolute atomic E-state index is 13.1. The van der Waals surface area contributed by atoms with Gasteiger partial charge < -0.3 is 14.8 Å². The van der Waals surface area contributed by atoms with E-state index in [1.54, 1.807) is 13.0 Å². The summed E-state index contributed by atoms with van der Waals surface area (Å²) in [6, 6.07) is 4.55. The van der Waals surface area contributed by atoms with E-state index in [4.69, 9.17) is 9.47 Å². The standard InChI is InChI=1S/C22H31N3O5S2/c1-14(2)30-18-8-7-16(32(27,28)25-9-11-29-12-10-25)13-17(18)24-20(26)19-15(3)23-21(31-19)22(4,5)6/h7-8,13-14H,9-12H2,1-6H3,(H,24,26). The first-order chi connectivity index (χ1) is 14.9. The highest BCUT2D eigenvalue weighted by atomic mass is 32.2. The Bertz CT molecular complexity index is 1080. The summed E-state index contributed by atoms with van der Waals surface area (Å²) in [6.45, 7) is 13.0. The number of nitrogens with zero attached hydrogens (tertiary/aromatic N) is 2. The number of rotatable bonds is 6. The lowest BCUT2D eigenvalue weighted by atomic mass is 9.98. The van der Waals surface area contributed by atoms with Gasteiger partial charge >= 0.3 is 0 Å². The molecular weight excluding hydrogens is 450 g/mol. The normalized spacial score (nSPS) is 15.7. The fourth-order valence-electron chi connectivity index (χ4n) is 3.17. The van der Waals surface area contributed by atoms with E-state index in [2.05, 4.69) is 10.3 Å². The number of nitrogens with one attached hydrogen (secondary N) is 1. The Kier molecular flexibility index (Phi) is 7.28. The molecule has 0 atom stereocenters. The van der Waals surface area contributed by atoms with E-state index in [1.807, 2.05) is 34.6 Å². The first-order valence-corrected chi connectivity index (χ1v) is 12.8. The highest BCUT2D eigenvalue weighted by Gasteiger charge is 2.28. The summed E-state index contributed by atoms with van der Waals surface area (Å²) < 4.78 is 38.7. The van der Waals surface area contributed by atoms with Gasteiger partial charge in [0.05, 0.1) is 40.6 Å². The van der Waals surface area contributed by atoms with Gasteiger partial charge in [0.15, 0.2) is 0 Å². The molecule has 1 aliphatic heterocycles. The molecule has 1 aliphatic rings. The zero-order valence-corrected chi connectivity index (χ0v) is 21.0. The molecular formula is C22H31N3O5S2. The van der Waals surface area contributed by atoms with Crippen LogP contribution in [0, 0.1) is 6.92 Å². The molecule has 1 fully saturated rings. The van der Waals surface area contributed by atoms with E-state index in [1.165, 1.54) is 27.8 Å². The average Bonchev–Trinajstić information content (AvgIpc) is 3.12. The number of anilines is 1. The van der Waals surface area contributed by atoms with Crippen molar-refractivity contribution < 1.29 is 22.7 Å². The zero-order valence-electron chi connectivity index (χ0n) is 19.4. The SMILES string of the molecule is Cc1nc(C(C)(C)C)sc1C(=O)Nc1cc(S(=O)(=O)N2CCOCC2)ccc1OC(C)C. The number of aryl methyl sites for hydroxylation is 1. The van der Waals surface area contributed by atoms with E-state index >= 15 is 0 Å². The van der Waals surface area contributed by atoms with Gasteiger partial charge in [-0.2, -0.15) is 4.31 Å². The van der Waals surface area contributed by atoms with E-state index in [0.29, 0.717) is 48.3 Å². The summed E-state index contributed by atoms with van der Waals surface area (Å²) in [7, 11) is -3.72. The van der Waals surface area contributed by atoms with Crippen molar-refractivity contribution in [1.82, 2.24) is 9.29 Å². The highest BCUT2D eigenvalue weighted by Crippen LogP contribution is 2.33. The van der Waals surface area contributed by atoms with E-state index in [9.17, 15) is 13.2 Å². The van der Waals surface area contributed by atoms with Gasteiger partial charge in [-0.1, -0.05) is 20.8 Å². The lowest BCUT2D eigenvalue weighted by molar-refractivity contribution is 0.0730. The van der Waals surface area contributed by atoms with Crippen LogP contribution in [-0.4, -0.2) is 56.0 Å². The summed E-state index contributed by atoms with van der Waals surface area (Å²) in [5.41, 5.74) is 0.774. The molecule has 176 valence electrons. The fourth-order valence-corrected chi connectivity index (χ4v) is 5.62. The van der Waals surface area contributed by atoms with Gasteiger partial charge in [-0.3, -0.25) is 4.79 Å². The molecule has 0 bridgehead atoms. The van der Waals surface area contributed by atoms with Crippen LogP contribution in [0.15, 0.2) is 23.1 Å². The number of thiazole rings is 1. The van der Waals surface area contributed by atoms with Crippen molar-refractivity contribution in [2.45, 2.75) is 58.0 Å². The van der Waals surface area contributed by atoms with Crippen LogP contribution in [0.1, 0.15) is 55.0 Å². The number of carbonyl (C=O) groups is 1. The van der Waals surface area contributed by atoms with E-state index < -0.39 is 10.0 Å². The van der Waals surface area contributed by atoms with E-state index in [-0.39, 0.29) is 22.3 Å². The number of benzene rings is 1. The molecule has 1 saturated heterocycles. The molecule has 32 heavy (non-hydrogen) atoms. The van der Waals surface area contributed by atoms with Gasteiger partial charge in [0.1, 0.15) is 10.6 Å². The lowest BCUT2D eigenvalue weighted by Gasteiger charge is -2.26. The second-order valence-corrected chi connectivity index (χ2v) is 11.9. The molecule has 10 heteroatoms. The minimum absolute atomic E-state index is 0.0993. The number of sulfonamides is 1. The number of amides is 1. The van der Waals surface area contributed by atoms with Crippen molar-refractivity contribution in [2.75, 3.05) is 31.6 Å². The Morgan fingerprint density at radius 3 is 2.47 bits per heavy atom. The Morgan fingerprint density at radius 2 is 1.91 bits per heavy atom. The molecule has 1 amide bonds. The Morgan fingerprint density at radius 1 is 1.25 bits per heavy atom. The number of carbonyl (C=O) groups excluding carboxylic acids is 1. The van der Waals surface area contributed by atoms with Gasteiger partial charge in [-0.25, -0.2) is 13.4 Å². The highest BCUT2D eigenvalue weighted by molar-refractivity contribution is 7.89. The van der Waals surface area contributed by atoms with Gasteiger partial charge in [-0.15, -0.1) is 11.3 Å². The average molecular weight is 482 g/mol. The smallest absolute Gasteiger partial charge is 0.267 e. The molecule has 3 rings (SSSR count). The van der Waals surface area contributed by atoms with Crippen LogP contribution in [0.5, 0.6) is 5.75 Å². The third-order valence-corrected chi connectivity index (χ3v) is 8.29. The molecule has 2 heterocycles. The Hall–Kier alpha value is -2.01. The van der Waals surface area contributed by atoms with Crippen molar-refractivity contribution in [3.05, 3.63) is 33.8 Å². The third kappa shape index (κ3) is 5.48. The maximum atomic E-state index is 13.1. The van der Waals surface area contributed by atoms with Crippen molar-refractivity contribution in [3.8, 4) is 5.75 Å². The van der Waals surface area contributed by atoms with Crippen molar-refractivity contribution in [2.24, 2.45) is 0 Å². The van der Waals surface area contributed by atoms with E-state index in [0.717, 1.165) is 5.01 Å². The fraction of sp³-hybridized carbons (Fsp3) is 0.545. The van der Waals surface area contributed by atoms with Crippen LogP contribution in [-0.2, 0) is 20.2 Å². The predicted octanol–water partition coefficient (Wildman–Crippen LogP) is 3.81. The van der Waals surface area contributed by atoms with Crippen molar-refractivity contribution in [1.29, 1.82) is 0 Å². The molecule has 0 radical (unpaired) electrons. The first-order valence-electron chi connectivity index (χ1n) is 10.6. The summed E-state index contributed by atoms with van der Waals surface area (Å²) >= 11 is 1.34. The summed E-state index contributed by atoms with van der Waals surface area (Å²) in [5, 5.41) is 3.72. The topological polar surface area (TPSA) is 97.8 Å². The second-order valence-electron chi connectivity index (χ2n) is 8.98. The second kappa shape index (κ2) is 9.46. The Labute approximate surface area is 194 Å². The van der Waals surface area contributed by atoms with Gasteiger partial charge in [0.25, 0.3) is 5.91 Å². The van der Waals surface area contributed by atoms with Crippen LogP contribution >= 0.6 is 11.3 Å². The minimum Gasteiger partial charge on any atom is -0.489 e. The molecule has 0 unspecified atom stereocenters. The van der Waals surface area contributed by atoms with Crippen LogP contribution in [0.2, 0.25) is 0 Å².